The number of benzene rings is 2. The number of nitrogens with zero attached hydrogens (tertiary/aromatic N) is 5. The Bertz CT molecular complexity index is 1560. The van der Waals surface area contributed by atoms with Gasteiger partial charge in [0.15, 0.2) is 0 Å². The minimum absolute atomic E-state index is 0.0848. The molecule has 13 heteroatoms. The Kier molecular flexibility index (Phi) is 7.68. The molecule has 0 saturated carbocycles. The number of morpholine rings is 1. The third-order valence-corrected chi connectivity index (χ3v) is 7.18. The van der Waals surface area contributed by atoms with Gasteiger partial charge in [-0.2, -0.15) is 23.1 Å². The van der Waals surface area contributed by atoms with Crippen LogP contribution in [0.25, 0.3) is 0 Å². The van der Waals surface area contributed by atoms with Gasteiger partial charge in [0, 0.05) is 13.0 Å². The van der Waals surface area contributed by atoms with Crippen molar-refractivity contribution >= 4 is 11.9 Å². The first-order valence-electron chi connectivity index (χ1n) is 13.0. The van der Waals surface area contributed by atoms with Crippen molar-refractivity contribution < 1.29 is 27.1 Å². The van der Waals surface area contributed by atoms with Crippen molar-refractivity contribution in [2.24, 2.45) is 0 Å². The Morgan fingerprint density at radius 1 is 1.12 bits per heavy atom. The summed E-state index contributed by atoms with van der Waals surface area (Å²) in [6.45, 7) is 3.39. The van der Waals surface area contributed by atoms with Crippen molar-refractivity contribution in [1.29, 1.82) is 5.26 Å². The summed E-state index contributed by atoms with van der Waals surface area (Å²) in [5, 5.41) is 13.9. The highest BCUT2D eigenvalue weighted by Gasteiger charge is 2.32. The molecule has 1 amide bonds. The number of halogens is 4. The molecular weight excluding hydrogens is 544 g/mol. The maximum absolute atomic E-state index is 14.6. The molecule has 0 spiro atoms. The number of rotatable bonds is 5. The van der Waals surface area contributed by atoms with Crippen LogP contribution >= 0.6 is 0 Å². The molecule has 1 saturated heterocycles. The van der Waals surface area contributed by atoms with E-state index >= 15 is 0 Å². The Hall–Kier alpha value is -4.44. The van der Waals surface area contributed by atoms with Gasteiger partial charge in [-0.05, 0) is 42.8 Å². The standard InChI is InChI=1S/C28H26F4N6O3/c1-17(19-3-5-20(6-4-19)28(30,31)32)34-27-35-24-8-9-36(25(39)21-7-2-18(15-33)14-23(21)29)16-22(24)26(40)38(27)37-10-12-41-13-11-37/h2-7,14,17H,8-13,16H2,1H3,(H,34,35)/t17-/m0/s1. The van der Waals surface area contributed by atoms with Crippen LogP contribution in [-0.4, -0.2) is 53.3 Å². The zero-order valence-corrected chi connectivity index (χ0v) is 22.0. The van der Waals surface area contributed by atoms with Gasteiger partial charge in [0.1, 0.15) is 5.82 Å². The number of amides is 1. The average molecular weight is 571 g/mol. The van der Waals surface area contributed by atoms with E-state index in [1.165, 1.54) is 33.8 Å². The van der Waals surface area contributed by atoms with Crippen LogP contribution in [0.3, 0.4) is 0 Å². The van der Waals surface area contributed by atoms with Gasteiger partial charge in [0.2, 0.25) is 5.95 Å². The van der Waals surface area contributed by atoms with E-state index in [1.54, 1.807) is 11.9 Å². The molecule has 0 radical (unpaired) electrons. The van der Waals surface area contributed by atoms with Crippen molar-refractivity contribution in [3.05, 3.63) is 92.1 Å². The minimum atomic E-state index is -4.45. The number of anilines is 1. The van der Waals surface area contributed by atoms with Crippen LogP contribution in [0.1, 0.15) is 51.3 Å². The lowest BCUT2D eigenvalue weighted by Crippen LogP contribution is -2.52. The van der Waals surface area contributed by atoms with E-state index in [1.807, 2.05) is 6.07 Å². The van der Waals surface area contributed by atoms with Gasteiger partial charge in [-0.25, -0.2) is 9.37 Å². The molecule has 214 valence electrons. The van der Waals surface area contributed by atoms with Crippen LogP contribution in [0.15, 0.2) is 47.3 Å². The first-order valence-corrected chi connectivity index (χ1v) is 13.0. The van der Waals surface area contributed by atoms with Crippen molar-refractivity contribution in [3.63, 3.8) is 0 Å². The molecule has 1 aromatic heterocycles. The van der Waals surface area contributed by atoms with Gasteiger partial charge >= 0.3 is 6.18 Å². The normalized spacial score (nSPS) is 16.1. The number of ether oxygens (including phenoxy) is 1. The van der Waals surface area contributed by atoms with Crippen molar-refractivity contribution in [2.45, 2.75) is 32.1 Å². The predicted molar refractivity (Wildman–Crippen MR) is 140 cm³/mol. The molecule has 3 aromatic rings. The Labute approximate surface area is 232 Å². The first-order chi connectivity index (χ1) is 19.6. The number of fused-ring (bicyclic) bond motifs is 1. The summed E-state index contributed by atoms with van der Waals surface area (Å²) in [6, 6.07) is 9.71. The quantitative estimate of drug-likeness (QED) is 0.468. The van der Waals surface area contributed by atoms with Gasteiger partial charge in [0.05, 0.1) is 72.9 Å². The summed E-state index contributed by atoms with van der Waals surface area (Å²) in [4.78, 5) is 33.1. The van der Waals surface area contributed by atoms with Crippen molar-refractivity contribution in [2.75, 3.05) is 43.2 Å². The predicted octanol–water partition coefficient (Wildman–Crippen LogP) is 3.61. The van der Waals surface area contributed by atoms with E-state index < -0.39 is 35.1 Å². The summed E-state index contributed by atoms with van der Waals surface area (Å²) in [5.41, 5.74) is 0.0646. The number of nitriles is 1. The first kappa shape index (κ1) is 28.1. The fourth-order valence-electron chi connectivity index (χ4n) is 4.92. The van der Waals surface area contributed by atoms with E-state index in [4.69, 9.17) is 15.0 Å². The topological polar surface area (TPSA) is 103 Å². The maximum atomic E-state index is 14.6. The highest BCUT2D eigenvalue weighted by Crippen LogP contribution is 2.30. The summed E-state index contributed by atoms with van der Waals surface area (Å²) < 4.78 is 60.4. The fraction of sp³-hybridized carbons (Fsp3) is 0.357. The van der Waals surface area contributed by atoms with Crippen LogP contribution in [0, 0.1) is 17.1 Å². The van der Waals surface area contributed by atoms with E-state index in [9.17, 15) is 27.2 Å². The molecule has 3 heterocycles. The van der Waals surface area contributed by atoms with E-state index in [2.05, 4.69) is 5.32 Å². The Morgan fingerprint density at radius 3 is 2.46 bits per heavy atom. The van der Waals surface area contributed by atoms with Crippen LogP contribution in [0.2, 0.25) is 0 Å². The van der Waals surface area contributed by atoms with Gasteiger partial charge in [0.25, 0.3) is 11.5 Å². The lowest BCUT2D eigenvalue weighted by molar-refractivity contribution is -0.137. The highest BCUT2D eigenvalue weighted by molar-refractivity contribution is 5.94. The SMILES string of the molecule is C[C@H](Nc1nc2c(c(=O)n1N1CCOCC1)CN(C(=O)c1ccc(C#N)cc1F)CC2)c1ccc(C(F)(F)F)cc1. The maximum Gasteiger partial charge on any atom is 0.416 e. The zero-order valence-electron chi connectivity index (χ0n) is 22.0. The lowest BCUT2D eigenvalue weighted by Gasteiger charge is -2.35. The second-order valence-corrected chi connectivity index (χ2v) is 9.81. The molecule has 41 heavy (non-hydrogen) atoms. The molecule has 9 nitrogen and oxygen atoms in total. The van der Waals surface area contributed by atoms with Crippen LogP contribution in [0.5, 0.6) is 0 Å². The minimum Gasteiger partial charge on any atom is -0.378 e. The van der Waals surface area contributed by atoms with Crippen LogP contribution < -0.4 is 15.9 Å². The molecule has 1 atom stereocenters. The second kappa shape index (κ2) is 11.2. The fourth-order valence-corrected chi connectivity index (χ4v) is 4.92. The number of hydrogen-bond acceptors (Lipinski definition) is 7. The number of aromatic nitrogens is 2. The lowest BCUT2D eigenvalue weighted by atomic mass is 10.0. The second-order valence-electron chi connectivity index (χ2n) is 9.81. The van der Waals surface area contributed by atoms with Crippen LogP contribution in [-0.2, 0) is 23.9 Å². The summed E-state index contributed by atoms with van der Waals surface area (Å²) in [5.74, 6) is -1.20. The molecule has 5 rings (SSSR count). The van der Waals surface area contributed by atoms with E-state index in [-0.39, 0.29) is 42.1 Å². The van der Waals surface area contributed by atoms with Gasteiger partial charge in [-0.15, -0.1) is 0 Å². The highest BCUT2D eigenvalue weighted by atomic mass is 19.4. The van der Waals surface area contributed by atoms with E-state index in [0.717, 1.165) is 18.2 Å². The van der Waals surface area contributed by atoms with Gasteiger partial charge < -0.3 is 20.0 Å². The summed E-state index contributed by atoms with van der Waals surface area (Å²) in [6.07, 6.45) is -4.21. The number of nitrogens with one attached hydrogen (secondary N) is 1. The zero-order chi connectivity index (χ0) is 29.3. The summed E-state index contributed by atoms with van der Waals surface area (Å²) >= 11 is 0. The number of carbonyl (C=O) groups excluding carboxylic acids is 1. The largest absolute Gasteiger partial charge is 0.416 e. The van der Waals surface area contributed by atoms with Crippen LogP contribution in [0.4, 0.5) is 23.5 Å². The Morgan fingerprint density at radius 2 is 1.83 bits per heavy atom. The molecule has 2 aliphatic rings. The molecule has 2 aliphatic heterocycles. The van der Waals surface area contributed by atoms with Gasteiger partial charge in [-0.1, -0.05) is 12.1 Å². The van der Waals surface area contributed by atoms with Crippen molar-refractivity contribution in [1.82, 2.24) is 14.6 Å². The Balaban J connectivity index is 1.46. The summed E-state index contributed by atoms with van der Waals surface area (Å²) in [7, 11) is 0. The molecule has 1 fully saturated rings. The van der Waals surface area contributed by atoms with Gasteiger partial charge in [-0.3, -0.25) is 9.59 Å². The monoisotopic (exact) mass is 570 g/mol. The number of carbonyl (C=O) groups is 1. The van der Waals surface area contributed by atoms with E-state index in [0.29, 0.717) is 37.6 Å². The molecule has 1 N–H and O–H groups in total. The number of alkyl halides is 3. The molecule has 0 bridgehead atoms. The molecule has 0 unspecified atom stereocenters. The smallest absolute Gasteiger partial charge is 0.378 e. The average Bonchev–Trinajstić information content (AvgIpc) is 2.97. The third kappa shape index (κ3) is 5.74. The molecule has 2 aromatic carbocycles. The molecular formula is C28H26F4N6O3. The third-order valence-electron chi connectivity index (χ3n) is 7.18. The molecule has 0 aliphatic carbocycles. The van der Waals surface area contributed by atoms with Crippen molar-refractivity contribution in [3.8, 4) is 6.07 Å². The number of hydrogen-bond donors (Lipinski definition) is 1.